The second kappa shape index (κ2) is 7.86. The first kappa shape index (κ1) is 17.3. The molecule has 2 N–H and O–H groups in total. The molecule has 1 rings (SSSR count). The van der Waals surface area contributed by atoms with Crippen molar-refractivity contribution in [2.24, 2.45) is 5.92 Å². The van der Waals surface area contributed by atoms with Gasteiger partial charge in [-0.25, -0.2) is 0 Å². The molecule has 1 aliphatic rings. The van der Waals surface area contributed by atoms with Gasteiger partial charge in [0.15, 0.2) is 0 Å². The highest BCUT2D eigenvalue weighted by molar-refractivity contribution is 5.76. The Labute approximate surface area is 118 Å². The van der Waals surface area contributed by atoms with Crippen molar-refractivity contribution in [2.75, 3.05) is 6.54 Å². The van der Waals surface area contributed by atoms with Gasteiger partial charge < -0.3 is 10.6 Å². The molecular weight excluding hydrogens is 269 g/mol. The Hall–Kier alpha value is -0.780. The minimum absolute atomic E-state index is 0.0273. The van der Waals surface area contributed by atoms with Crippen molar-refractivity contribution in [3.63, 3.8) is 0 Å². The molecule has 6 heteroatoms. The molecule has 118 valence electrons. The zero-order chi connectivity index (χ0) is 15.2. The van der Waals surface area contributed by atoms with Crippen LogP contribution in [0.25, 0.3) is 0 Å². The normalized spacial score (nSPS) is 23.9. The summed E-state index contributed by atoms with van der Waals surface area (Å²) in [6.45, 7) is 4.81. The molecule has 0 saturated heterocycles. The summed E-state index contributed by atoms with van der Waals surface area (Å²) in [4.78, 5) is 11.7. The molecule has 0 aromatic heterocycles. The van der Waals surface area contributed by atoms with Crippen LogP contribution >= 0.6 is 0 Å². The van der Waals surface area contributed by atoms with E-state index < -0.39 is 12.1 Å². The van der Waals surface area contributed by atoms with Crippen LogP contribution in [-0.4, -0.2) is 30.7 Å². The molecule has 0 bridgehead atoms. The lowest BCUT2D eigenvalue weighted by Crippen LogP contribution is -2.41. The van der Waals surface area contributed by atoms with Crippen molar-refractivity contribution in [1.29, 1.82) is 0 Å². The SMILES string of the molecule is CC(C)NCCCC(=O)NC1CCCC(C(F)(F)F)C1. The summed E-state index contributed by atoms with van der Waals surface area (Å²) >= 11 is 0. The number of hydrogen-bond acceptors (Lipinski definition) is 2. The summed E-state index contributed by atoms with van der Waals surface area (Å²) in [5, 5.41) is 5.95. The van der Waals surface area contributed by atoms with Gasteiger partial charge in [0.1, 0.15) is 0 Å². The van der Waals surface area contributed by atoms with E-state index in [1.807, 2.05) is 13.8 Å². The third-order valence-electron chi connectivity index (χ3n) is 3.64. The van der Waals surface area contributed by atoms with Crippen LogP contribution in [0.4, 0.5) is 13.2 Å². The summed E-state index contributed by atoms with van der Waals surface area (Å²) in [7, 11) is 0. The molecule has 3 nitrogen and oxygen atoms in total. The second-order valence-electron chi connectivity index (χ2n) is 5.88. The molecule has 0 heterocycles. The number of carbonyl (C=O) groups is 1. The van der Waals surface area contributed by atoms with E-state index >= 15 is 0 Å². The molecule has 0 aliphatic heterocycles. The van der Waals surface area contributed by atoms with E-state index in [0.717, 1.165) is 6.54 Å². The zero-order valence-electron chi connectivity index (χ0n) is 12.2. The lowest BCUT2D eigenvalue weighted by Gasteiger charge is -2.31. The van der Waals surface area contributed by atoms with Gasteiger partial charge in [0.25, 0.3) is 0 Å². The van der Waals surface area contributed by atoms with Gasteiger partial charge in [-0.1, -0.05) is 20.3 Å². The minimum atomic E-state index is -4.13. The molecule has 1 amide bonds. The Bertz CT molecular complexity index is 305. The topological polar surface area (TPSA) is 41.1 Å². The fraction of sp³-hybridized carbons (Fsp3) is 0.929. The molecular formula is C14H25F3N2O. The Morgan fingerprint density at radius 2 is 2.00 bits per heavy atom. The number of amides is 1. The van der Waals surface area contributed by atoms with Crippen molar-refractivity contribution < 1.29 is 18.0 Å². The Morgan fingerprint density at radius 1 is 1.30 bits per heavy atom. The molecule has 2 atom stereocenters. The van der Waals surface area contributed by atoms with E-state index in [2.05, 4.69) is 10.6 Å². The van der Waals surface area contributed by atoms with Gasteiger partial charge in [-0.3, -0.25) is 4.79 Å². The van der Waals surface area contributed by atoms with E-state index in [0.29, 0.717) is 31.7 Å². The predicted octanol–water partition coefficient (Wildman–Crippen LogP) is 3.00. The Balaban J connectivity index is 2.24. The van der Waals surface area contributed by atoms with Crippen LogP contribution in [0.1, 0.15) is 52.4 Å². The van der Waals surface area contributed by atoms with Crippen LogP contribution in [0.5, 0.6) is 0 Å². The van der Waals surface area contributed by atoms with Gasteiger partial charge in [-0.2, -0.15) is 13.2 Å². The lowest BCUT2D eigenvalue weighted by molar-refractivity contribution is -0.184. The number of hydrogen-bond donors (Lipinski definition) is 2. The van der Waals surface area contributed by atoms with E-state index in [1.54, 1.807) is 0 Å². The average Bonchev–Trinajstić information content (AvgIpc) is 2.34. The Kier molecular flexibility index (Phi) is 6.79. The minimum Gasteiger partial charge on any atom is -0.353 e. The van der Waals surface area contributed by atoms with Gasteiger partial charge in [-0.05, 0) is 32.2 Å². The third kappa shape index (κ3) is 6.59. The Morgan fingerprint density at radius 3 is 2.60 bits per heavy atom. The van der Waals surface area contributed by atoms with Crippen LogP contribution in [0.3, 0.4) is 0 Å². The van der Waals surface area contributed by atoms with Crippen LogP contribution in [-0.2, 0) is 4.79 Å². The van der Waals surface area contributed by atoms with Crippen LogP contribution < -0.4 is 10.6 Å². The van der Waals surface area contributed by atoms with Gasteiger partial charge in [0.05, 0.1) is 5.92 Å². The van der Waals surface area contributed by atoms with Crippen molar-refractivity contribution in [1.82, 2.24) is 10.6 Å². The quantitative estimate of drug-likeness (QED) is 0.739. The largest absolute Gasteiger partial charge is 0.391 e. The highest BCUT2D eigenvalue weighted by Crippen LogP contribution is 2.37. The smallest absolute Gasteiger partial charge is 0.353 e. The molecule has 2 unspecified atom stereocenters. The molecule has 20 heavy (non-hydrogen) atoms. The number of nitrogens with one attached hydrogen (secondary N) is 2. The van der Waals surface area contributed by atoms with Crippen LogP contribution in [0, 0.1) is 5.92 Å². The predicted molar refractivity (Wildman–Crippen MR) is 72.3 cm³/mol. The third-order valence-corrected chi connectivity index (χ3v) is 3.64. The summed E-state index contributed by atoms with van der Waals surface area (Å²) < 4.78 is 38.0. The molecule has 1 aliphatic carbocycles. The van der Waals surface area contributed by atoms with Gasteiger partial charge in [0.2, 0.25) is 5.91 Å². The van der Waals surface area contributed by atoms with E-state index in [9.17, 15) is 18.0 Å². The first-order chi connectivity index (χ1) is 9.29. The molecule has 0 aromatic carbocycles. The van der Waals surface area contributed by atoms with Crippen molar-refractivity contribution in [3.8, 4) is 0 Å². The van der Waals surface area contributed by atoms with E-state index in [1.165, 1.54) is 0 Å². The van der Waals surface area contributed by atoms with E-state index in [-0.39, 0.29) is 24.8 Å². The fourth-order valence-corrected chi connectivity index (χ4v) is 2.56. The molecule has 0 spiro atoms. The number of carbonyl (C=O) groups excluding carboxylic acids is 1. The standard InChI is InChI=1S/C14H25F3N2O/c1-10(2)18-8-4-7-13(20)19-12-6-3-5-11(9-12)14(15,16)17/h10-12,18H,3-9H2,1-2H3,(H,19,20). The number of alkyl halides is 3. The molecule has 0 aromatic rings. The maximum absolute atomic E-state index is 12.7. The van der Waals surface area contributed by atoms with Crippen LogP contribution in [0.2, 0.25) is 0 Å². The summed E-state index contributed by atoms with van der Waals surface area (Å²) in [6, 6.07) is 0.0601. The highest BCUT2D eigenvalue weighted by Gasteiger charge is 2.42. The fourth-order valence-electron chi connectivity index (χ4n) is 2.56. The van der Waals surface area contributed by atoms with Gasteiger partial charge in [0, 0.05) is 18.5 Å². The maximum atomic E-state index is 12.7. The molecule has 1 saturated carbocycles. The highest BCUT2D eigenvalue weighted by atomic mass is 19.4. The summed E-state index contributed by atoms with van der Waals surface area (Å²) in [5.41, 5.74) is 0. The van der Waals surface area contributed by atoms with E-state index in [4.69, 9.17) is 0 Å². The van der Waals surface area contributed by atoms with Gasteiger partial charge in [-0.15, -0.1) is 0 Å². The number of halogens is 3. The lowest BCUT2D eigenvalue weighted by atomic mass is 9.85. The second-order valence-corrected chi connectivity index (χ2v) is 5.88. The number of rotatable bonds is 6. The monoisotopic (exact) mass is 294 g/mol. The summed E-state index contributed by atoms with van der Waals surface area (Å²) in [5.74, 6) is -1.40. The van der Waals surface area contributed by atoms with Crippen LogP contribution in [0.15, 0.2) is 0 Å². The first-order valence-electron chi connectivity index (χ1n) is 7.38. The van der Waals surface area contributed by atoms with Crippen molar-refractivity contribution >= 4 is 5.91 Å². The van der Waals surface area contributed by atoms with Crippen molar-refractivity contribution in [2.45, 2.75) is 70.6 Å². The van der Waals surface area contributed by atoms with Crippen molar-refractivity contribution in [3.05, 3.63) is 0 Å². The molecule has 1 fully saturated rings. The summed E-state index contributed by atoms with van der Waals surface area (Å²) in [6.07, 6.45) is -1.66. The maximum Gasteiger partial charge on any atom is 0.391 e. The average molecular weight is 294 g/mol. The zero-order valence-corrected chi connectivity index (χ0v) is 12.2. The van der Waals surface area contributed by atoms with Gasteiger partial charge >= 0.3 is 6.18 Å². The first-order valence-corrected chi connectivity index (χ1v) is 7.38. The molecule has 0 radical (unpaired) electrons.